The third-order valence-corrected chi connectivity index (χ3v) is 4.94. The van der Waals surface area contributed by atoms with Crippen molar-refractivity contribution in [2.75, 3.05) is 6.54 Å². The van der Waals surface area contributed by atoms with Crippen LogP contribution < -0.4 is 10.7 Å². The number of nitrogens with zero attached hydrogens (tertiary/aromatic N) is 1. The molecule has 0 aliphatic rings. The quantitative estimate of drug-likeness (QED) is 0.125. The number of allylic oxidation sites excluding steroid dienone is 2. The highest BCUT2D eigenvalue weighted by molar-refractivity contribution is 7.80. The van der Waals surface area contributed by atoms with Crippen molar-refractivity contribution in [2.24, 2.45) is 5.10 Å². The molecule has 0 aliphatic heterocycles. The van der Waals surface area contributed by atoms with Crippen LogP contribution >= 0.6 is 12.2 Å². The first-order valence-corrected chi connectivity index (χ1v) is 11.3. The summed E-state index contributed by atoms with van der Waals surface area (Å²) in [6.45, 7) is 7.22. The van der Waals surface area contributed by atoms with Gasteiger partial charge in [0.2, 0.25) is 0 Å². The molecule has 0 bridgehead atoms. The van der Waals surface area contributed by atoms with Gasteiger partial charge in [-0.3, -0.25) is 5.43 Å². The van der Waals surface area contributed by atoms with Crippen molar-refractivity contribution in [1.82, 2.24) is 10.7 Å². The van der Waals surface area contributed by atoms with Gasteiger partial charge in [0, 0.05) is 12.8 Å². The molecule has 26 heavy (non-hydrogen) atoms. The molecule has 0 amide bonds. The molecule has 0 saturated carbocycles. The maximum atomic E-state index is 5.19. The molecule has 0 rings (SSSR count). The number of unbranched alkanes of at least 4 members (excludes halogenated alkanes) is 13. The topological polar surface area (TPSA) is 36.4 Å². The van der Waals surface area contributed by atoms with Gasteiger partial charge in [-0.2, -0.15) is 5.10 Å². The molecule has 4 heteroatoms. The summed E-state index contributed by atoms with van der Waals surface area (Å²) in [7, 11) is 0. The molecule has 0 aliphatic carbocycles. The lowest BCUT2D eigenvalue weighted by molar-refractivity contribution is 0.535. The first-order valence-electron chi connectivity index (χ1n) is 10.9. The zero-order valence-electron chi connectivity index (χ0n) is 17.6. The van der Waals surface area contributed by atoms with E-state index in [1.54, 1.807) is 6.21 Å². The fourth-order valence-corrected chi connectivity index (χ4v) is 2.98. The third kappa shape index (κ3) is 19.4. The Kier molecular flexibility index (Phi) is 19.7. The Balaban J connectivity index is 3.22. The molecular weight excluding hydrogens is 338 g/mol. The molecule has 2 N–H and O–H groups in total. The maximum Gasteiger partial charge on any atom is 0.186 e. The lowest BCUT2D eigenvalue weighted by atomic mass is 10.0. The number of hydrogen-bond donors (Lipinski definition) is 2. The number of thiocarbonyl (C=S) groups is 1. The zero-order chi connectivity index (χ0) is 19.3. The summed E-state index contributed by atoms with van der Waals surface area (Å²) in [5.74, 6) is 0. The normalized spacial score (nSPS) is 11.9. The molecule has 0 spiro atoms. The number of hydrazone groups is 1. The van der Waals surface area contributed by atoms with Crippen molar-refractivity contribution < 1.29 is 0 Å². The molecule has 0 heterocycles. The van der Waals surface area contributed by atoms with Crippen LogP contribution in [-0.2, 0) is 0 Å². The molecular formula is C22H43N3S. The van der Waals surface area contributed by atoms with Crippen molar-refractivity contribution in [2.45, 2.75) is 111 Å². The molecule has 0 aromatic heterocycles. The molecule has 3 nitrogen and oxygen atoms in total. The van der Waals surface area contributed by atoms with Gasteiger partial charge < -0.3 is 5.32 Å². The average Bonchev–Trinajstić information content (AvgIpc) is 2.64. The van der Waals surface area contributed by atoms with Gasteiger partial charge in [0.05, 0.1) is 0 Å². The molecule has 0 aromatic carbocycles. The molecule has 152 valence electrons. The Morgan fingerprint density at radius 2 is 1.27 bits per heavy atom. The highest BCUT2D eigenvalue weighted by Gasteiger charge is 1.95. The Bertz CT molecular complexity index is 378. The van der Waals surface area contributed by atoms with E-state index in [1.807, 2.05) is 19.9 Å². The summed E-state index contributed by atoms with van der Waals surface area (Å²) in [6, 6.07) is 0. The number of nitrogens with one attached hydrogen (secondary N) is 2. The Hall–Kier alpha value is -0.900. The second-order valence-corrected chi connectivity index (χ2v) is 7.66. The standard InChI is InChI=1S/C22H43N3S/c1-4-6-7-8-9-10-11-12-13-14-15-16-17-18-19-23-22(26)25-24-20-21(3)5-2/h5,20H,4,6-19H2,1-3H3,(H2,23,25,26)/b21-5-,24-20-. The minimum absolute atomic E-state index is 0.611. The average molecular weight is 382 g/mol. The van der Waals surface area contributed by atoms with Crippen LogP contribution in [-0.4, -0.2) is 17.9 Å². The molecule has 0 saturated heterocycles. The van der Waals surface area contributed by atoms with Crippen LogP contribution in [0.2, 0.25) is 0 Å². The van der Waals surface area contributed by atoms with Crippen molar-refractivity contribution in [3.05, 3.63) is 11.6 Å². The fourth-order valence-electron chi connectivity index (χ4n) is 2.83. The minimum atomic E-state index is 0.611. The minimum Gasteiger partial charge on any atom is -0.361 e. The lowest BCUT2D eigenvalue weighted by Crippen LogP contribution is -2.32. The summed E-state index contributed by atoms with van der Waals surface area (Å²) in [5.41, 5.74) is 3.96. The van der Waals surface area contributed by atoms with Crippen molar-refractivity contribution in [3.8, 4) is 0 Å². The Morgan fingerprint density at radius 3 is 1.73 bits per heavy atom. The van der Waals surface area contributed by atoms with Gasteiger partial charge in [0.25, 0.3) is 0 Å². The van der Waals surface area contributed by atoms with Gasteiger partial charge in [0.1, 0.15) is 0 Å². The lowest BCUT2D eigenvalue weighted by Gasteiger charge is -2.07. The van der Waals surface area contributed by atoms with E-state index in [-0.39, 0.29) is 0 Å². The molecule has 0 unspecified atom stereocenters. The van der Waals surface area contributed by atoms with Crippen LogP contribution in [0.5, 0.6) is 0 Å². The molecule has 0 atom stereocenters. The summed E-state index contributed by atoms with van der Waals surface area (Å²) in [5, 5.41) is 7.90. The second-order valence-electron chi connectivity index (χ2n) is 7.25. The fraction of sp³-hybridized carbons (Fsp3) is 0.818. The zero-order valence-corrected chi connectivity index (χ0v) is 18.4. The van der Waals surface area contributed by atoms with E-state index in [1.165, 1.54) is 89.9 Å². The molecule has 0 fully saturated rings. The van der Waals surface area contributed by atoms with Gasteiger partial charge in [-0.05, 0) is 38.1 Å². The predicted octanol–water partition coefficient (Wildman–Crippen LogP) is 6.88. The number of hydrogen-bond acceptors (Lipinski definition) is 2. The van der Waals surface area contributed by atoms with Crippen molar-refractivity contribution in [3.63, 3.8) is 0 Å². The van der Waals surface area contributed by atoms with E-state index in [4.69, 9.17) is 12.2 Å². The van der Waals surface area contributed by atoms with E-state index in [2.05, 4.69) is 22.8 Å². The monoisotopic (exact) mass is 381 g/mol. The van der Waals surface area contributed by atoms with Gasteiger partial charge in [-0.25, -0.2) is 0 Å². The smallest absolute Gasteiger partial charge is 0.186 e. The summed E-state index contributed by atoms with van der Waals surface area (Å²) < 4.78 is 0. The highest BCUT2D eigenvalue weighted by atomic mass is 32.1. The van der Waals surface area contributed by atoms with Crippen LogP contribution in [0, 0.1) is 0 Å². The van der Waals surface area contributed by atoms with Gasteiger partial charge in [0.15, 0.2) is 5.11 Å². The van der Waals surface area contributed by atoms with Crippen LogP contribution in [0.25, 0.3) is 0 Å². The molecule has 0 radical (unpaired) electrons. The van der Waals surface area contributed by atoms with Gasteiger partial charge in [-0.1, -0.05) is 96.5 Å². The van der Waals surface area contributed by atoms with Crippen LogP contribution in [0.1, 0.15) is 111 Å². The van der Waals surface area contributed by atoms with Crippen LogP contribution in [0.4, 0.5) is 0 Å². The predicted molar refractivity (Wildman–Crippen MR) is 122 cm³/mol. The van der Waals surface area contributed by atoms with E-state index in [0.717, 1.165) is 12.1 Å². The van der Waals surface area contributed by atoms with Crippen LogP contribution in [0.3, 0.4) is 0 Å². The third-order valence-electron chi connectivity index (χ3n) is 4.71. The summed E-state index contributed by atoms with van der Waals surface area (Å²) >= 11 is 5.19. The summed E-state index contributed by atoms with van der Waals surface area (Å²) in [6.07, 6.45) is 23.2. The number of rotatable bonds is 17. The first kappa shape index (κ1) is 25.1. The van der Waals surface area contributed by atoms with E-state index in [0.29, 0.717) is 5.11 Å². The van der Waals surface area contributed by atoms with Crippen molar-refractivity contribution >= 4 is 23.5 Å². The highest BCUT2D eigenvalue weighted by Crippen LogP contribution is 2.12. The van der Waals surface area contributed by atoms with E-state index >= 15 is 0 Å². The van der Waals surface area contributed by atoms with E-state index < -0.39 is 0 Å². The van der Waals surface area contributed by atoms with Crippen molar-refractivity contribution in [1.29, 1.82) is 0 Å². The Labute approximate surface area is 168 Å². The summed E-state index contributed by atoms with van der Waals surface area (Å²) in [4.78, 5) is 0. The SMILES string of the molecule is C/C=C(C)\C=N/NC(=S)NCCCCCCCCCCCCCCCC. The first-order chi connectivity index (χ1) is 12.7. The largest absolute Gasteiger partial charge is 0.361 e. The van der Waals surface area contributed by atoms with Crippen LogP contribution in [0.15, 0.2) is 16.8 Å². The van der Waals surface area contributed by atoms with Gasteiger partial charge in [-0.15, -0.1) is 0 Å². The van der Waals surface area contributed by atoms with Gasteiger partial charge >= 0.3 is 0 Å². The van der Waals surface area contributed by atoms with E-state index in [9.17, 15) is 0 Å². The maximum absolute atomic E-state index is 5.19. The second kappa shape index (κ2) is 20.4. The Morgan fingerprint density at radius 1 is 0.808 bits per heavy atom. The molecule has 0 aromatic rings.